The quantitative estimate of drug-likeness (QED) is 0.721. The highest BCUT2D eigenvalue weighted by molar-refractivity contribution is 7.85. The van der Waals surface area contributed by atoms with Gasteiger partial charge in [0.05, 0.1) is 6.61 Å². The van der Waals surface area contributed by atoms with E-state index in [-0.39, 0.29) is 0 Å². The second-order valence-corrected chi connectivity index (χ2v) is 4.30. The van der Waals surface area contributed by atoms with E-state index in [0.29, 0.717) is 12.2 Å². The van der Waals surface area contributed by atoms with Gasteiger partial charge in [0.15, 0.2) is 0 Å². The summed E-state index contributed by atoms with van der Waals surface area (Å²) in [5.74, 6) is -0.579. The maximum absolute atomic E-state index is 12.3. The van der Waals surface area contributed by atoms with Gasteiger partial charge in [0.25, 0.3) is 0 Å². The molecule has 0 N–H and O–H groups in total. The SMILES string of the molecule is COCc1cccc(CS(=O)(=O)F)c1. The highest BCUT2D eigenvalue weighted by Gasteiger charge is 2.08. The summed E-state index contributed by atoms with van der Waals surface area (Å²) in [6.45, 7) is 0.389. The van der Waals surface area contributed by atoms with Gasteiger partial charge in [-0.2, -0.15) is 8.42 Å². The molecule has 0 saturated carbocycles. The molecule has 1 rings (SSSR count). The molecule has 0 amide bonds. The lowest BCUT2D eigenvalue weighted by atomic mass is 10.1. The number of ether oxygens (including phenoxy) is 1. The lowest BCUT2D eigenvalue weighted by Gasteiger charge is -2.02. The first-order valence-corrected chi connectivity index (χ1v) is 5.55. The van der Waals surface area contributed by atoms with E-state index >= 15 is 0 Å². The Morgan fingerprint density at radius 2 is 2.00 bits per heavy atom. The number of hydrogen-bond donors (Lipinski definition) is 0. The third-order valence-electron chi connectivity index (χ3n) is 1.64. The first-order valence-electron chi connectivity index (χ1n) is 4.00. The topological polar surface area (TPSA) is 43.4 Å². The molecular weight excluding hydrogens is 207 g/mol. The molecule has 0 aliphatic carbocycles. The molecular formula is C9H11FO3S. The predicted molar refractivity (Wildman–Crippen MR) is 50.9 cm³/mol. The van der Waals surface area contributed by atoms with Crippen LogP contribution in [0.25, 0.3) is 0 Å². The third kappa shape index (κ3) is 3.85. The Morgan fingerprint density at radius 3 is 2.57 bits per heavy atom. The van der Waals surface area contributed by atoms with Crippen molar-refractivity contribution in [2.45, 2.75) is 12.4 Å². The Bertz CT molecular complexity index is 400. The number of halogens is 1. The number of hydrogen-bond acceptors (Lipinski definition) is 3. The fraction of sp³-hybridized carbons (Fsp3) is 0.333. The summed E-state index contributed by atoms with van der Waals surface area (Å²) in [6.07, 6.45) is 0. The van der Waals surface area contributed by atoms with Crippen LogP contribution in [-0.2, 0) is 27.3 Å². The van der Waals surface area contributed by atoms with Gasteiger partial charge >= 0.3 is 10.2 Å². The summed E-state index contributed by atoms with van der Waals surface area (Å²) in [6, 6.07) is 6.64. The normalized spacial score (nSPS) is 11.6. The zero-order chi connectivity index (χ0) is 10.6. The van der Waals surface area contributed by atoms with Gasteiger partial charge in [-0.3, -0.25) is 0 Å². The van der Waals surface area contributed by atoms with Gasteiger partial charge in [0, 0.05) is 7.11 Å². The summed E-state index contributed by atoms with van der Waals surface area (Å²) < 4.78 is 37.9. The largest absolute Gasteiger partial charge is 0.380 e. The van der Waals surface area contributed by atoms with Crippen molar-refractivity contribution in [3.63, 3.8) is 0 Å². The van der Waals surface area contributed by atoms with Gasteiger partial charge in [-0.05, 0) is 11.1 Å². The van der Waals surface area contributed by atoms with Crippen LogP contribution in [0, 0.1) is 0 Å². The number of methoxy groups -OCH3 is 1. The van der Waals surface area contributed by atoms with Crippen molar-refractivity contribution in [3.8, 4) is 0 Å². The third-order valence-corrected chi connectivity index (χ3v) is 2.32. The smallest absolute Gasteiger partial charge is 0.306 e. The van der Waals surface area contributed by atoms with Gasteiger partial charge < -0.3 is 4.74 Å². The molecule has 0 heterocycles. The van der Waals surface area contributed by atoms with Crippen molar-refractivity contribution in [3.05, 3.63) is 35.4 Å². The van der Waals surface area contributed by atoms with E-state index in [2.05, 4.69) is 0 Å². The van der Waals surface area contributed by atoms with E-state index in [9.17, 15) is 12.3 Å². The molecule has 78 valence electrons. The van der Waals surface area contributed by atoms with Crippen LogP contribution in [0.2, 0.25) is 0 Å². The Hall–Kier alpha value is -0.940. The van der Waals surface area contributed by atoms with Crippen LogP contribution in [0.4, 0.5) is 3.89 Å². The van der Waals surface area contributed by atoms with Crippen LogP contribution < -0.4 is 0 Å². The Kier molecular flexibility index (Phi) is 3.60. The summed E-state index contributed by atoms with van der Waals surface area (Å²) in [5, 5.41) is 0. The van der Waals surface area contributed by atoms with Crippen LogP contribution in [0.1, 0.15) is 11.1 Å². The lowest BCUT2D eigenvalue weighted by Crippen LogP contribution is -1.97. The predicted octanol–water partition coefficient (Wildman–Crippen LogP) is 1.63. The number of rotatable bonds is 4. The van der Waals surface area contributed by atoms with Crippen molar-refractivity contribution in [1.82, 2.24) is 0 Å². The van der Waals surface area contributed by atoms with Crippen molar-refractivity contribution in [2.75, 3.05) is 7.11 Å². The number of benzene rings is 1. The Labute approximate surface area is 82.7 Å². The molecule has 0 aliphatic heterocycles. The second kappa shape index (κ2) is 4.52. The first kappa shape index (κ1) is 11.1. The minimum Gasteiger partial charge on any atom is -0.380 e. The summed E-state index contributed by atoms with van der Waals surface area (Å²) >= 11 is 0. The fourth-order valence-corrected chi connectivity index (χ4v) is 1.75. The molecule has 1 aromatic rings. The molecule has 0 spiro atoms. The van der Waals surface area contributed by atoms with Gasteiger partial charge in [-0.15, -0.1) is 3.89 Å². The van der Waals surface area contributed by atoms with Crippen LogP contribution in [0.15, 0.2) is 24.3 Å². The second-order valence-electron chi connectivity index (χ2n) is 2.94. The lowest BCUT2D eigenvalue weighted by molar-refractivity contribution is 0.185. The van der Waals surface area contributed by atoms with Crippen LogP contribution in [0.3, 0.4) is 0 Å². The van der Waals surface area contributed by atoms with Crippen molar-refractivity contribution in [2.24, 2.45) is 0 Å². The van der Waals surface area contributed by atoms with Gasteiger partial charge in [0.1, 0.15) is 5.75 Å². The molecule has 0 aliphatic rings. The molecule has 1 aromatic carbocycles. The summed E-state index contributed by atoms with van der Waals surface area (Å²) in [4.78, 5) is 0. The molecule has 5 heteroatoms. The minimum absolute atomic E-state index is 0.389. The van der Waals surface area contributed by atoms with Crippen molar-refractivity contribution >= 4 is 10.2 Å². The Morgan fingerprint density at radius 1 is 1.36 bits per heavy atom. The fourth-order valence-electron chi connectivity index (χ4n) is 1.17. The molecule has 0 radical (unpaired) electrons. The maximum Gasteiger partial charge on any atom is 0.306 e. The van der Waals surface area contributed by atoms with Gasteiger partial charge in [0.2, 0.25) is 0 Å². The standard InChI is InChI=1S/C9H11FO3S/c1-13-6-8-3-2-4-9(5-8)7-14(10,11)12/h2-5H,6-7H2,1H3. The van der Waals surface area contributed by atoms with Crippen LogP contribution in [-0.4, -0.2) is 15.5 Å². The van der Waals surface area contributed by atoms with E-state index < -0.39 is 16.0 Å². The summed E-state index contributed by atoms with van der Waals surface area (Å²) in [7, 11) is -2.91. The molecule has 3 nitrogen and oxygen atoms in total. The van der Waals surface area contributed by atoms with E-state index in [0.717, 1.165) is 5.56 Å². The van der Waals surface area contributed by atoms with E-state index in [4.69, 9.17) is 4.74 Å². The van der Waals surface area contributed by atoms with Crippen LogP contribution in [0.5, 0.6) is 0 Å². The monoisotopic (exact) mass is 218 g/mol. The molecule has 0 aromatic heterocycles. The molecule has 14 heavy (non-hydrogen) atoms. The van der Waals surface area contributed by atoms with Gasteiger partial charge in [-0.25, -0.2) is 0 Å². The highest BCUT2D eigenvalue weighted by atomic mass is 32.3. The zero-order valence-corrected chi connectivity index (χ0v) is 8.55. The highest BCUT2D eigenvalue weighted by Crippen LogP contribution is 2.10. The molecule has 0 saturated heterocycles. The van der Waals surface area contributed by atoms with E-state index in [1.165, 1.54) is 0 Å². The zero-order valence-electron chi connectivity index (χ0n) is 7.73. The average Bonchev–Trinajstić information content (AvgIpc) is 2.02. The summed E-state index contributed by atoms with van der Waals surface area (Å²) in [5.41, 5.74) is 1.26. The van der Waals surface area contributed by atoms with Crippen molar-refractivity contribution < 1.29 is 17.0 Å². The average molecular weight is 218 g/mol. The van der Waals surface area contributed by atoms with Crippen LogP contribution >= 0.6 is 0 Å². The van der Waals surface area contributed by atoms with E-state index in [1.807, 2.05) is 0 Å². The van der Waals surface area contributed by atoms with Crippen molar-refractivity contribution in [1.29, 1.82) is 0 Å². The molecule has 0 fully saturated rings. The first-order chi connectivity index (χ1) is 6.51. The molecule has 0 bridgehead atoms. The minimum atomic E-state index is -4.45. The molecule has 0 atom stereocenters. The molecule has 0 unspecified atom stereocenters. The van der Waals surface area contributed by atoms with E-state index in [1.54, 1.807) is 31.4 Å². The van der Waals surface area contributed by atoms with Gasteiger partial charge in [-0.1, -0.05) is 24.3 Å². The maximum atomic E-state index is 12.3. The Balaban J connectivity index is 2.83.